The Kier molecular flexibility index (Phi) is 5.58. The number of aromatic nitrogens is 2. The molecule has 0 spiro atoms. The average molecular weight is 426 g/mol. The zero-order chi connectivity index (χ0) is 21.5. The Balaban J connectivity index is 1.34. The monoisotopic (exact) mass is 425 g/mol. The fourth-order valence-electron chi connectivity index (χ4n) is 5.67. The van der Waals surface area contributed by atoms with E-state index in [1.54, 1.807) is 12.1 Å². The zero-order valence-corrected chi connectivity index (χ0v) is 18.2. The Morgan fingerprint density at radius 1 is 1.23 bits per heavy atom. The van der Waals surface area contributed by atoms with Gasteiger partial charge in [-0.2, -0.15) is 0 Å². The van der Waals surface area contributed by atoms with Crippen LogP contribution in [0.25, 0.3) is 5.57 Å². The third-order valence-corrected chi connectivity index (χ3v) is 7.29. The number of alkyl halides is 1. The van der Waals surface area contributed by atoms with E-state index in [1.807, 2.05) is 12.3 Å². The molecule has 6 atom stereocenters. The first-order valence-corrected chi connectivity index (χ1v) is 11.5. The number of aromatic amines is 1. The number of nitrogens with zero attached hydrogens (tertiary/aromatic N) is 1. The predicted molar refractivity (Wildman–Crippen MR) is 119 cm³/mol. The molecule has 2 fully saturated rings. The van der Waals surface area contributed by atoms with E-state index >= 15 is 4.39 Å². The SMILES string of the molecule is CCc1cc(O)ccc1C1CCC2C(c3ncc(C4=C[C@H](C)NCC4)[nH]3)NNC2C1F. The van der Waals surface area contributed by atoms with Gasteiger partial charge in [0.2, 0.25) is 0 Å². The van der Waals surface area contributed by atoms with Gasteiger partial charge in [-0.05, 0) is 68.0 Å². The third kappa shape index (κ3) is 3.79. The van der Waals surface area contributed by atoms with E-state index in [0.717, 1.165) is 54.9 Å². The predicted octanol–water partition coefficient (Wildman–Crippen LogP) is 3.49. The van der Waals surface area contributed by atoms with E-state index in [9.17, 15) is 5.11 Å². The molecule has 7 heteroatoms. The van der Waals surface area contributed by atoms with Gasteiger partial charge in [-0.15, -0.1) is 0 Å². The van der Waals surface area contributed by atoms with Crippen molar-refractivity contribution < 1.29 is 9.50 Å². The van der Waals surface area contributed by atoms with E-state index in [-0.39, 0.29) is 29.7 Å². The molecule has 5 unspecified atom stereocenters. The lowest BCUT2D eigenvalue weighted by Gasteiger charge is -2.36. The summed E-state index contributed by atoms with van der Waals surface area (Å²) in [7, 11) is 0. The fraction of sp³-hybridized carbons (Fsp3) is 0.542. The number of aromatic hydroxyl groups is 1. The second kappa shape index (κ2) is 8.37. The topological polar surface area (TPSA) is 85.0 Å². The van der Waals surface area contributed by atoms with Crippen LogP contribution in [0.4, 0.5) is 4.39 Å². The van der Waals surface area contributed by atoms with E-state index in [2.05, 4.69) is 46.1 Å². The van der Waals surface area contributed by atoms with Crippen LogP contribution in [0.1, 0.15) is 67.7 Å². The number of hydrogen-bond donors (Lipinski definition) is 5. The molecule has 6 nitrogen and oxygen atoms in total. The zero-order valence-electron chi connectivity index (χ0n) is 18.2. The summed E-state index contributed by atoms with van der Waals surface area (Å²) in [5.74, 6) is 1.12. The lowest BCUT2D eigenvalue weighted by Crippen LogP contribution is -2.45. The van der Waals surface area contributed by atoms with E-state index in [4.69, 9.17) is 0 Å². The number of rotatable bonds is 4. The normalized spacial score (nSPS) is 33.2. The molecule has 0 bridgehead atoms. The molecule has 2 aromatic rings. The number of phenolic OH excluding ortho intramolecular Hbond substituents is 1. The Hall–Kier alpha value is -2.22. The van der Waals surface area contributed by atoms with Crippen molar-refractivity contribution in [2.24, 2.45) is 5.92 Å². The summed E-state index contributed by atoms with van der Waals surface area (Å²) in [5.41, 5.74) is 11.0. The van der Waals surface area contributed by atoms with Crippen LogP contribution in [-0.4, -0.2) is 39.9 Å². The first-order chi connectivity index (χ1) is 15.0. The van der Waals surface area contributed by atoms with Crippen LogP contribution in [0.2, 0.25) is 0 Å². The molecule has 5 N–H and O–H groups in total. The largest absolute Gasteiger partial charge is 0.508 e. The van der Waals surface area contributed by atoms with E-state index in [1.165, 1.54) is 5.57 Å². The Morgan fingerprint density at radius 3 is 2.90 bits per heavy atom. The third-order valence-electron chi connectivity index (χ3n) is 7.29. The first-order valence-electron chi connectivity index (χ1n) is 11.5. The summed E-state index contributed by atoms with van der Waals surface area (Å²) in [6.45, 7) is 5.17. The number of aryl methyl sites for hydroxylation is 1. The molecule has 5 rings (SSSR count). The Bertz CT molecular complexity index is 973. The lowest BCUT2D eigenvalue weighted by atomic mass is 9.71. The Morgan fingerprint density at radius 2 is 2.10 bits per heavy atom. The van der Waals surface area contributed by atoms with Gasteiger partial charge in [-0.3, -0.25) is 5.43 Å². The number of halogens is 1. The molecular formula is C24H32FN5O. The highest BCUT2D eigenvalue weighted by atomic mass is 19.1. The number of benzene rings is 1. The molecule has 3 heterocycles. The number of nitrogens with one attached hydrogen (secondary N) is 4. The Labute approximate surface area is 182 Å². The second-order valence-corrected chi connectivity index (χ2v) is 9.19. The quantitative estimate of drug-likeness (QED) is 0.518. The number of H-pyrrole nitrogens is 1. The maximum atomic E-state index is 15.7. The number of hydrogen-bond acceptors (Lipinski definition) is 5. The van der Waals surface area contributed by atoms with Crippen molar-refractivity contribution in [3.05, 3.63) is 53.1 Å². The molecule has 1 aromatic carbocycles. The van der Waals surface area contributed by atoms with E-state index < -0.39 is 6.17 Å². The highest BCUT2D eigenvalue weighted by molar-refractivity contribution is 5.64. The molecule has 0 amide bonds. The molecule has 3 aliphatic rings. The molecule has 31 heavy (non-hydrogen) atoms. The van der Waals surface area contributed by atoms with Crippen LogP contribution >= 0.6 is 0 Å². The molecule has 166 valence electrons. The van der Waals surface area contributed by atoms with Crippen LogP contribution in [0, 0.1) is 5.92 Å². The van der Waals surface area contributed by atoms with E-state index in [0.29, 0.717) is 6.04 Å². The summed E-state index contributed by atoms with van der Waals surface area (Å²) in [4.78, 5) is 8.16. The summed E-state index contributed by atoms with van der Waals surface area (Å²) in [6.07, 6.45) is 6.65. The molecule has 1 saturated carbocycles. The lowest BCUT2D eigenvalue weighted by molar-refractivity contribution is 0.135. The number of hydrazine groups is 1. The van der Waals surface area contributed by atoms with Gasteiger partial charge in [-0.25, -0.2) is 14.8 Å². The van der Waals surface area contributed by atoms with Crippen molar-refractivity contribution >= 4 is 5.57 Å². The van der Waals surface area contributed by atoms with Gasteiger partial charge in [0.05, 0.1) is 24.0 Å². The first kappa shape index (κ1) is 20.7. The van der Waals surface area contributed by atoms with Crippen LogP contribution < -0.4 is 16.2 Å². The van der Waals surface area contributed by atoms with Crippen molar-refractivity contribution in [2.75, 3.05) is 6.54 Å². The van der Waals surface area contributed by atoms with Crippen molar-refractivity contribution in [1.82, 2.24) is 26.1 Å². The van der Waals surface area contributed by atoms with Crippen molar-refractivity contribution in [2.45, 2.75) is 69.7 Å². The summed E-state index contributed by atoms with van der Waals surface area (Å²) in [6, 6.07) is 5.44. The molecule has 1 saturated heterocycles. The molecule has 0 radical (unpaired) electrons. The summed E-state index contributed by atoms with van der Waals surface area (Å²) >= 11 is 0. The average Bonchev–Trinajstić information content (AvgIpc) is 3.42. The van der Waals surface area contributed by atoms with Gasteiger partial charge < -0.3 is 15.4 Å². The van der Waals surface area contributed by atoms with Gasteiger partial charge in [-0.1, -0.05) is 19.1 Å². The highest BCUT2D eigenvalue weighted by Gasteiger charge is 2.48. The summed E-state index contributed by atoms with van der Waals surface area (Å²) in [5, 5.41) is 13.2. The molecular weight excluding hydrogens is 393 g/mol. The minimum atomic E-state index is -0.992. The van der Waals surface area contributed by atoms with Crippen LogP contribution in [-0.2, 0) is 6.42 Å². The molecule has 1 aromatic heterocycles. The number of phenols is 1. The van der Waals surface area contributed by atoms with Crippen LogP contribution in [0.5, 0.6) is 5.75 Å². The van der Waals surface area contributed by atoms with Gasteiger partial charge in [0.25, 0.3) is 0 Å². The standard InChI is InChI=1S/C24H32FN5O/c1-3-14-11-16(31)4-5-17(14)18-6-7-19-22(21(18)25)29-30-23(19)24-27-12-20(28-24)15-8-9-26-13(2)10-15/h4-5,10-13,18-19,21-23,26,29-31H,3,6-9H2,1-2H3,(H,27,28)/t13-,18?,19?,21?,22?,23?/m0/s1. The van der Waals surface area contributed by atoms with Crippen LogP contribution in [0.3, 0.4) is 0 Å². The molecule has 2 aliphatic heterocycles. The second-order valence-electron chi connectivity index (χ2n) is 9.19. The fourth-order valence-corrected chi connectivity index (χ4v) is 5.67. The van der Waals surface area contributed by atoms with Crippen molar-refractivity contribution in [3.63, 3.8) is 0 Å². The van der Waals surface area contributed by atoms with Gasteiger partial charge >= 0.3 is 0 Å². The van der Waals surface area contributed by atoms with Gasteiger partial charge in [0.15, 0.2) is 0 Å². The maximum absolute atomic E-state index is 15.7. The number of fused-ring (bicyclic) bond motifs is 1. The summed E-state index contributed by atoms with van der Waals surface area (Å²) < 4.78 is 15.7. The molecule has 1 aliphatic carbocycles. The van der Waals surface area contributed by atoms with Gasteiger partial charge in [0.1, 0.15) is 17.7 Å². The highest BCUT2D eigenvalue weighted by Crippen LogP contribution is 2.45. The maximum Gasteiger partial charge on any atom is 0.125 e. The minimum absolute atomic E-state index is 0.0249. The van der Waals surface area contributed by atoms with Crippen LogP contribution in [0.15, 0.2) is 30.5 Å². The van der Waals surface area contributed by atoms with Gasteiger partial charge in [0, 0.05) is 17.9 Å². The number of imidazole rings is 1. The van der Waals surface area contributed by atoms with Crippen molar-refractivity contribution in [1.29, 1.82) is 0 Å². The minimum Gasteiger partial charge on any atom is -0.508 e. The van der Waals surface area contributed by atoms with Crippen molar-refractivity contribution in [3.8, 4) is 5.75 Å². The smallest absolute Gasteiger partial charge is 0.125 e.